The molecule has 1 aromatic rings. The number of aryl methyl sites for hydroxylation is 1. The van der Waals surface area contributed by atoms with Crippen LogP contribution in [0.2, 0.25) is 0 Å². The molecule has 1 saturated heterocycles. The van der Waals surface area contributed by atoms with Gasteiger partial charge in [-0.1, -0.05) is 5.21 Å². The van der Waals surface area contributed by atoms with Crippen molar-refractivity contribution in [1.29, 1.82) is 0 Å². The number of nitrogens with zero attached hydrogens (tertiary/aromatic N) is 4. The van der Waals surface area contributed by atoms with E-state index in [2.05, 4.69) is 10.3 Å². The Morgan fingerprint density at radius 3 is 2.64 bits per heavy atom. The number of aromatic nitrogens is 3. The highest BCUT2D eigenvalue weighted by Gasteiger charge is 2.50. The number of carbonyl (C=O) groups is 1. The summed E-state index contributed by atoms with van der Waals surface area (Å²) < 4.78 is 7.63. The molecule has 0 N–H and O–H groups in total. The molecule has 1 atom stereocenters. The maximum absolute atomic E-state index is 12.6. The first kappa shape index (κ1) is 15.3. The van der Waals surface area contributed by atoms with E-state index in [0.717, 1.165) is 37.9 Å². The van der Waals surface area contributed by atoms with E-state index in [-0.39, 0.29) is 11.6 Å². The zero-order valence-electron chi connectivity index (χ0n) is 14.0. The van der Waals surface area contributed by atoms with Crippen molar-refractivity contribution in [2.45, 2.75) is 77.0 Å². The summed E-state index contributed by atoms with van der Waals surface area (Å²) in [4.78, 5) is 14.5. The highest BCUT2D eigenvalue weighted by molar-refractivity contribution is 5.69. The van der Waals surface area contributed by atoms with Gasteiger partial charge in [0.1, 0.15) is 5.60 Å². The lowest BCUT2D eigenvalue weighted by Gasteiger charge is -2.54. The minimum atomic E-state index is -0.443. The summed E-state index contributed by atoms with van der Waals surface area (Å²) in [5.74, 6) is 0. The van der Waals surface area contributed by atoms with E-state index in [1.54, 1.807) is 6.20 Å². The van der Waals surface area contributed by atoms with E-state index in [0.29, 0.717) is 6.04 Å². The zero-order chi connectivity index (χ0) is 16.0. The van der Waals surface area contributed by atoms with Crippen LogP contribution in [-0.4, -0.2) is 43.7 Å². The van der Waals surface area contributed by atoms with Gasteiger partial charge in [-0.25, -0.2) is 9.48 Å². The first-order valence-electron chi connectivity index (χ1n) is 8.18. The van der Waals surface area contributed by atoms with Crippen LogP contribution >= 0.6 is 0 Å². The Balaban J connectivity index is 1.76. The van der Waals surface area contributed by atoms with Crippen LogP contribution in [0.4, 0.5) is 4.79 Å². The molecule has 1 spiro atoms. The molecule has 6 nitrogen and oxygen atoms in total. The second kappa shape index (κ2) is 5.25. The molecule has 2 heterocycles. The van der Waals surface area contributed by atoms with Crippen LogP contribution in [0, 0.1) is 6.92 Å². The number of ether oxygens (including phenoxy) is 1. The van der Waals surface area contributed by atoms with Crippen molar-refractivity contribution in [3.8, 4) is 0 Å². The Kier molecular flexibility index (Phi) is 3.65. The molecule has 1 unspecified atom stereocenters. The maximum Gasteiger partial charge on any atom is 0.410 e. The van der Waals surface area contributed by atoms with E-state index in [1.807, 2.05) is 37.3 Å². The third-order valence-electron chi connectivity index (χ3n) is 4.87. The molecule has 1 aromatic heterocycles. The van der Waals surface area contributed by atoms with Gasteiger partial charge in [0.05, 0.1) is 17.9 Å². The first-order chi connectivity index (χ1) is 10.3. The van der Waals surface area contributed by atoms with Crippen molar-refractivity contribution < 1.29 is 9.53 Å². The molecule has 2 fully saturated rings. The van der Waals surface area contributed by atoms with Gasteiger partial charge < -0.3 is 9.64 Å². The van der Waals surface area contributed by atoms with Crippen LogP contribution in [0.3, 0.4) is 0 Å². The van der Waals surface area contributed by atoms with Crippen LogP contribution in [-0.2, 0) is 4.74 Å². The molecule has 1 saturated carbocycles. The monoisotopic (exact) mass is 306 g/mol. The van der Waals surface area contributed by atoms with Crippen molar-refractivity contribution in [2.75, 3.05) is 6.54 Å². The van der Waals surface area contributed by atoms with Crippen LogP contribution in [0.15, 0.2) is 6.20 Å². The predicted octanol–water partition coefficient (Wildman–Crippen LogP) is 3.08. The largest absolute Gasteiger partial charge is 0.444 e. The topological polar surface area (TPSA) is 60.2 Å². The molecular formula is C16H26N4O2. The van der Waals surface area contributed by atoms with Gasteiger partial charge >= 0.3 is 6.09 Å². The van der Waals surface area contributed by atoms with Crippen LogP contribution < -0.4 is 0 Å². The van der Waals surface area contributed by atoms with Gasteiger partial charge in [0.2, 0.25) is 0 Å². The van der Waals surface area contributed by atoms with Gasteiger partial charge in [0.25, 0.3) is 0 Å². The Bertz CT molecular complexity index is 557. The lowest BCUT2D eigenvalue weighted by atomic mass is 9.69. The molecule has 1 aliphatic heterocycles. The Hall–Kier alpha value is -1.59. The summed E-state index contributed by atoms with van der Waals surface area (Å²) in [5.41, 5.74) is 0.607. The van der Waals surface area contributed by atoms with Crippen molar-refractivity contribution in [3.05, 3.63) is 11.9 Å². The summed E-state index contributed by atoms with van der Waals surface area (Å²) in [7, 11) is 0. The summed E-state index contributed by atoms with van der Waals surface area (Å²) in [6.45, 7) is 8.53. The van der Waals surface area contributed by atoms with Gasteiger partial charge in [0, 0.05) is 12.1 Å². The lowest BCUT2D eigenvalue weighted by molar-refractivity contribution is -0.0544. The van der Waals surface area contributed by atoms with Crippen molar-refractivity contribution >= 4 is 6.09 Å². The summed E-state index contributed by atoms with van der Waals surface area (Å²) in [6, 6.07) is 0.335. The smallest absolute Gasteiger partial charge is 0.410 e. The molecule has 3 rings (SSSR count). The molecular weight excluding hydrogens is 280 g/mol. The van der Waals surface area contributed by atoms with Crippen molar-refractivity contribution in [3.63, 3.8) is 0 Å². The van der Waals surface area contributed by atoms with Gasteiger partial charge in [-0.15, -0.1) is 5.10 Å². The predicted molar refractivity (Wildman–Crippen MR) is 82.6 cm³/mol. The molecule has 1 amide bonds. The minimum Gasteiger partial charge on any atom is -0.444 e. The molecule has 6 heteroatoms. The lowest BCUT2D eigenvalue weighted by Crippen LogP contribution is -2.61. The highest BCUT2D eigenvalue weighted by Crippen LogP contribution is 2.47. The number of carbonyl (C=O) groups excluding carboxylic acids is 1. The highest BCUT2D eigenvalue weighted by atomic mass is 16.6. The molecule has 0 aromatic carbocycles. The summed E-state index contributed by atoms with van der Waals surface area (Å²) in [5, 5.41) is 8.22. The van der Waals surface area contributed by atoms with Gasteiger partial charge in [-0.2, -0.15) is 0 Å². The second-order valence-corrected chi connectivity index (χ2v) is 7.68. The van der Waals surface area contributed by atoms with Gasteiger partial charge in [-0.3, -0.25) is 0 Å². The molecule has 2 aliphatic rings. The van der Waals surface area contributed by atoms with Crippen LogP contribution in [0.1, 0.15) is 64.6 Å². The van der Waals surface area contributed by atoms with E-state index in [1.165, 1.54) is 6.42 Å². The number of amides is 1. The van der Waals surface area contributed by atoms with Crippen LogP contribution in [0.25, 0.3) is 0 Å². The number of piperidine rings is 1. The average Bonchev–Trinajstić information content (AvgIpc) is 2.80. The zero-order valence-corrected chi connectivity index (χ0v) is 14.0. The fourth-order valence-corrected chi connectivity index (χ4v) is 3.69. The fraction of sp³-hybridized carbons (Fsp3) is 0.812. The molecule has 1 aliphatic carbocycles. The molecule has 0 bridgehead atoms. The Morgan fingerprint density at radius 1 is 1.41 bits per heavy atom. The van der Waals surface area contributed by atoms with E-state index < -0.39 is 5.60 Å². The minimum absolute atomic E-state index is 0.0381. The van der Waals surface area contributed by atoms with Crippen LogP contribution in [0.5, 0.6) is 0 Å². The number of likely N-dealkylation sites (tertiary alicyclic amines) is 1. The maximum atomic E-state index is 12.6. The Labute approximate surface area is 131 Å². The quantitative estimate of drug-likeness (QED) is 0.800. The average molecular weight is 306 g/mol. The van der Waals surface area contributed by atoms with Crippen molar-refractivity contribution in [1.82, 2.24) is 19.9 Å². The van der Waals surface area contributed by atoms with Gasteiger partial charge in [-0.05, 0) is 59.8 Å². The fourth-order valence-electron chi connectivity index (χ4n) is 3.69. The van der Waals surface area contributed by atoms with Gasteiger partial charge in [0.15, 0.2) is 0 Å². The first-order valence-corrected chi connectivity index (χ1v) is 8.18. The summed E-state index contributed by atoms with van der Waals surface area (Å²) >= 11 is 0. The Morgan fingerprint density at radius 2 is 2.14 bits per heavy atom. The van der Waals surface area contributed by atoms with E-state index in [9.17, 15) is 4.79 Å². The normalized spacial score (nSPS) is 24.2. The molecule has 0 radical (unpaired) electrons. The number of hydrogen-bond acceptors (Lipinski definition) is 4. The van der Waals surface area contributed by atoms with Crippen molar-refractivity contribution in [2.24, 2.45) is 0 Å². The third kappa shape index (κ3) is 2.71. The summed E-state index contributed by atoms with van der Waals surface area (Å²) in [6.07, 6.45) is 6.81. The molecule has 22 heavy (non-hydrogen) atoms. The second-order valence-electron chi connectivity index (χ2n) is 7.68. The number of hydrogen-bond donors (Lipinski definition) is 0. The standard InChI is InChI=1S/C16H26N4O2/c1-12-11-17-18-20(12)13-6-9-19(14(21)22-15(2,3)4)16(10-13)7-5-8-16/h11,13H,5-10H2,1-4H3. The van der Waals surface area contributed by atoms with E-state index in [4.69, 9.17) is 4.74 Å². The molecule has 122 valence electrons. The number of rotatable bonds is 1. The van der Waals surface area contributed by atoms with E-state index >= 15 is 0 Å². The third-order valence-corrected chi connectivity index (χ3v) is 4.87. The SMILES string of the molecule is Cc1cnnn1C1CCN(C(=O)OC(C)(C)C)C2(CCC2)C1.